The maximum absolute atomic E-state index is 12.0. The zero-order valence-corrected chi connectivity index (χ0v) is 10.7. The second-order valence-electron chi connectivity index (χ2n) is 4.96. The van der Waals surface area contributed by atoms with Gasteiger partial charge < -0.3 is 16.0 Å². The average Bonchev–Trinajstić information content (AvgIpc) is 3.04. The Bertz CT molecular complexity index is 363. The van der Waals surface area contributed by atoms with Gasteiger partial charge in [0.25, 0.3) is 0 Å². The van der Waals surface area contributed by atoms with E-state index in [-0.39, 0.29) is 11.8 Å². The van der Waals surface area contributed by atoms with Crippen LogP contribution in [0.4, 0.5) is 0 Å². The van der Waals surface area contributed by atoms with Crippen molar-refractivity contribution in [3.8, 4) is 0 Å². The number of rotatable bonds is 6. The number of aromatic amines is 1. The van der Waals surface area contributed by atoms with Gasteiger partial charge in [-0.1, -0.05) is 6.42 Å². The molecule has 1 saturated carbocycles. The average molecular weight is 250 g/mol. The van der Waals surface area contributed by atoms with E-state index in [9.17, 15) is 4.79 Å². The summed E-state index contributed by atoms with van der Waals surface area (Å²) in [6, 6.07) is 0. The standard InChI is InChI=1S/C13H22N4O/c14-9-10-3-1-4-11(10)13(18)17-6-2-5-12-15-7-8-16-12/h7-8,10-11H,1-6,9,14H2,(H,15,16)(H,17,18). The maximum Gasteiger partial charge on any atom is 0.223 e. The number of nitrogens with one attached hydrogen (secondary N) is 2. The molecule has 1 heterocycles. The first-order valence-electron chi connectivity index (χ1n) is 6.77. The number of nitrogens with two attached hydrogens (primary N) is 1. The van der Waals surface area contributed by atoms with Gasteiger partial charge in [0.2, 0.25) is 5.91 Å². The van der Waals surface area contributed by atoms with Gasteiger partial charge in [-0.2, -0.15) is 0 Å². The van der Waals surface area contributed by atoms with Gasteiger partial charge in [0, 0.05) is 31.3 Å². The van der Waals surface area contributed by atoms with Crippen molar-refractivity contribution in [1.29, 1.82) is 0 Å². The van der Waals surface area contributed by atoms with Crippen LogP contribution < -0.4 is 11.1 Å². The molecular weight excluding hydrogens is 228 g/mol. The molecule has 4 N–H and O–H groups in total. The zero-order valence-electron chi connectivity index (χ0n) is 10.7. The van der Waals surface area contributed by atoms with E-state index in [1.165, 1.54) is 0 Å². The molecule has 1 aliphatic rings. The van der Waals surface area contributed by atoms with Crippen LogP contribution in [0.2, 0.25) is 0 Å². The Morgan fingerprint density at radius 1 is 1.56 bits per heavy atom. The molecule has 1 aliphatic carbocycles. The Morgan fingerprint density at radius 2 is 2.44 bits per heavy atom. The first-order chi connectivity index (χ1) is 8.81. The third kappa shape index (κ3) is 3.32. The fourth-order valence-corrected chi connectivity index (χ4v) is 2.70. The molecule has 0 aliphatic heterocycles. The molecule has 0 spiro atoms. The minimum absolute atomic E-state index is 0.138. The van der Waals surface area contributed by atoms with Crippen molar-refractivity contribution in [2.24, 2.45) is 17.6 Å². The second-order valence-corrected chi connectivity index (χ2v) is 4.96. The van der Waals surface area contributed by atoms with E-state index in [2.05, 4.69) is 15.3 Å². The Hall–Kier alpha value is -1.36. The van der Waals surface area contributed by atoms with E-state index in [4.69, 9.17) is 5.73 Å². The topological polar surface area (TPSA) is 83.8 Å². The Morgan fingerprint density at radius 3 is 3.17 bits per heavy atom. The molecule has 1 fully saturated rings. The van der Waals surface area contributed by atoms with Gasteiger partial charge >= 0.3 is 0 Å². The smallest absolute Gasteiger partial charge is 0.223 e. The number of hydrogen-bond donors (Lipinski definition) is 3. The minimum Gasteiger partial charge on any atom is -0.356 e. The first-order valence-corrected chi connectivity index (χ1v) is 6.77. The largest absolute Gasteiger partial charge is 0.356 e. The number of aryl methyl sites for hydroxylation is 1. The van der Waals surface area contributed by atoms with Crippen LogP contribution in [0.5, 0.6) is 0 Å². The summed E-state index contributed by atoms with van der Waals surface area (Å²) in [5, 5.41) is 3.02. The lowest BCUT2D eigenvalue weighted by atomic mass is 9.95. The fraction of sp³-hybridized carbons (Fsp3) is 0.692. The molecule has 100 valence electrons. The number of aromatic nitrogens is 2. The molecule has 1 amide bonds. The van der Waals surface area contributed by atoms with Crippen LogP contribution in [0, 0.1) is 11.8 Å². The van der Waals surface area contributed by atoms with Crippen molar-refractivity contribution in [2.75, 3.05) is 13.1 Å². The van der Waals surface area contributed by atoms with Gasteiger partial charge in [-0.15, -0.1) is 0 Å². The summed E-state index contributed by atoms with van der Waals surface area (Å²) in [4.78, 5) is 19.2. The molecule has 0 bridgehead atoms. The lowest BCUT2D eigenvalue weighted by Gasteiger charge is -2.17. The molecule has 0 aromatic carbocycles. The second kappa shape index (κ2) is 6.54. The van der Waals surface area contributed by atoms with E-state index in [0.717, 1.165) is 37.9 Å². The number of amides is 1. The number of carbonyl (C=O) groups is 1. The van der Waals surface area contributed by atoms with Crippen LogP contribution in [0.3, 0.4) is 0 Å². The van der Waals surface area contributed by atoms with Crippen LogP contribution in [-0.2, 0) is 11.2 Å². The Balaban J connectivity index is 1.65. The molecule has 5 heteroatoms. The highest BCUT2D eigenvalue weighted by Gasteiger charge is 2.31. The summed E-state index contributed by atoms with van der Waals surface area (Å²) in [5.41, 5.74) is 5.69. The van der Waals surface area contributed by atoms with Gasteiger partial charge in [0.05, 0.1) is 0 Å². The van der Waals surface area contributed by atoms with E-state index in [1.54, 1.807) is 6.20 Å². The lowest BCUT2D eigenvalue weighted by molar-refractivity contribution is -0.125. The van der Waals surface area contributed by atoms with E-state index >= 15 is 0 Å². The monoisotopic (exact) mass is 250 g/mol. The molecule has 2 atom stereocenters. The quantitative estimate of drug-likeness (QED) is 0.654. The molecule has 18 heavy (non-hydrogen) atoms. The number of hydrogen-bond acceptors (Lipinski definition) is 3. The van der Waals surface area contributed by atoms with Gasteiger partial charge in [-0.3, -0.25) is 4.79 Å². The maximum atomic E-state index is 12.0. The molecule has 2 unspecified atom stereocenters. The number of H-pyrrole nitrogens is 1. The van der Waals surface area contributed by atoms with Crippen molar-refractivity contribution in [2.45, 2.75) is 32.1 Å². The zero-order chi connectivity index (χ0) is 12.8. The summed E-state index contributed by atoms with van der Waals surface area (Å²) in [7, 11) is 0. The summed E-state index contributed by atoms with van der Waals surface area (Å²) in [6.45, 7) is 1.35. The summed E-state index contributed by atoms with van der Waals surface area (Å²) >= 11 is 0. The van der Waals surface area contributed by atoms with Crippen LogP contribution in [0.1, 0.15) is 31.5 Å². The number of carbonyl (C=O) groups excluding carboxylic acids is 1. The van der Waals surface area contributed by atoms with Crippen molar-refractivity contribution >= 4 is 5.91 Å². The normalized spacial score (nSPS) is 23.2. The van der Waals surface area contributed by atoms with Crippen molar-refractivity contribution in [3.63, 3.8) is 0 Å². The third-order valence-electron chi connectivity index (χ3n) is 3.74. The highest BCUT2D eigenvalue weighted by molar-refractivity contribution is 5.79. The van der Waals surface area contributed by atoms with E-state index in [1.807, 2.05) is 6.20 Å². The van der Waals surface area contributed by atoms with Crippen molar-refractivity contribution in [3.05, 3.63) is 18.2 Å². The van der Waals surface area contributed by atoms with Crippen LogP contribution in [0.15, 0.2) is 12.4 Å². The third-order valence-corrected chi connectivity index (χ3v) is 3.74. The summed E-state index contributed by atoms with van der Waals surface area (Å²) in [5.74, 6) is 1.68. The molecule has 0 saturated heterocycles. The molecule has 2 rings (SSSR count). The number of nitrogens with zero attached hydrogens (tertiary/aromatic N) is 1. The highest BCUT2D eigenvalue weighted by atomic mass is 16.1. The highest BCUT2D eigenvalue weighted by Crippen LogP contribution is 2.30. The Labute approximate surface area is 108 Å². The van der Waals surface area contributed by atoms with Gasteiger partial charge in [-0.25, -0.2) is 4.98 Å². The van der Waals surface area contributed by atoms with E-state index in [0.29, 0.717) is 19.0 Å². The molecule has 1 aromatic rings. The minimum atomic E-state index is 0.138. The molecular formula is C13H22N4O. The molecule has 0 radical (unpaired) electrons. The van der Waals surface area contributed by atoms with Crippen LogP contribution >= 0.6 is 0 Å². The lowest BCUT2D eigenvalue weighted by Crippen LogP contribution is -2.35. The Kier molecular flexibility index (Phi) is 4.75. The van der Waals surface area contributed by atoms with E-state index < -0.39 is 0 Å². The van der Waals surface area contributed by atoms with Crippen LogP contribution in [0.25, 0.3) is 0 Å². The van der Waals surface area contributed by atoms with Crippen molar-refractivity contribution < 1.29 is 4.79 Å². The van der Waals surface area contributed by atoms with Crippen molar-refractivity contribution in [1.82, 2.24) is 15.3 Å². The predicted octanol–water partition coefficient (Wildman–Crippen LogP) is 0.833. The van der Waals surface area contributed by atoms with Gasteiger partial charge in [0.15, 0.2) is 0 Å². The predicted molar refractivity (Wildman–Crippen MR) is 69.8 cm³/mol. The molecule has 1 aromatic heterocycles. The summed E-state index contributed by atoms with van der Waals surface area (Å²) < 4.78 is 0. The summed E-state index contributed by atoms with van der Waals surface area (Å²) in [6.07, 6.45) is 8.58. The first kappa shape index (κ1) is 13.1. The van der Waals surface area contributed by atoms with Gasteiger partial charge in [-0.05, 0) is 31.7 Å². The fourth-order valence-electron chi connectivity index (χ4n) is 2.70. The van der Waals surface area contributed by atoms with Crippen LogP contribution in [-0.4, -0.2) is 29.0 Å². The van der Waals surface area contributed by atoms with Gasteiger partial charge in [0.1, 0.15) is 5.82 Å². The molecule has 5 nitrogen and oxygen atoms in total. The number of imidazole rings is 1. The SMILES string of the molecule is NCC1CCCC1C(=O)NCCCc1ncc[nH]1.